The molecule has 1 aliphatic carbocycles. The standard InChI is InChI=1S/C25H36N4O3/c1-23(2,3)31-22(30)29-14-12-28(13-15-29)21-26-20(27-32-21)17-8-9-18-19(16-17)25(6,7)11-10-24(18,4)5/h8-9,16H,10-15H2,1-7H3. The first kappa shape index (κ1) is 22.6. The minimum Gasteiger partial charge on any atom is -0.444 e. The summed E-state index contributed by atoms with van der Waals surface area (Å²) in [4.78, 5) is 20.7. The van der Waals surface area contributed by atoms with Crippen molar-refractivity contribution in [1.82, 2.24) is 15.0 Å². The van der Waals surface area contributed by atoms with E-state index in [1.165, 1.54) is 17.5 Å². The lowest BCUT2D eigenvalue weighted by atomic mass is 9.63. The van der Waals surface area contributed by atoms with Crippen molar-refractivity contribution < 1.29 is 14.1 Å². The van der Waals surface area contributed by atoms with Gasteiger partial charge in [-0.25, -0.2) is 4.79 Å². The van der Waals surface area contributed by atoms with E-state index in [1.807, 2.05) is 25.7 Å². The largest absolute Gasteiger partial charge is 0.444 e. The molecule has 2 heterocycles. The topological polar surface area (TPSA) is 71.7 Å². The number of carbonyl (C=O) groups is 1. The molecule has 1 amide bonds. The fourth-order valence-electron chi connectivity index (χ4n) is 4.60. The Kier molecular flexibility index (Phi) is 5.50. The zero-order valence-corrected chi connectivity index (χ0v) is 20.5. The van der Waals surface area contributed by atoms with Crippen molar-refractivity contribution in [3.05, 3.63) is 29.3 Å². The highest BCUT2D eigenvalue weighted by Gasteiger charge is 2.37. The minimum absolute atomic E-state index is 0.130. The molecule has 7 nitrogen and oxygen atoms in total. The predicted octanol–water partition coefficient (Wildman–Crippen LogP) is 5.14. The van der Waals surface area contributed by atoms with E-state index < -0.39 is 5.60 Å². The van der Waals surface area contributed by atoms with Crippen LogP contribution in [0.4, 0.5) is 10.8 Å². The highest BCUT2D eigenvalue weighted by atomic mass is 16.6. The van der Waals surface area contributed by atoms with E-state index in [9.17, 15) is 4.79 Å². The Labute approximate surface area is 191 Å². The molecule has 4 rings (SSSR count). The van der Waals surface area contributed by atoms with Crippen LogP contribution in [0.1, 0.15) is 72.4 Å². The maximum atomic E-state index is 12.3. The summed E-state index contributed by atoms with van der Waals surface area (Å²) in [5.74, 6) is 0.608. The zero-order valence-electron chi connectivity index (χ0n) is 20.5. The first-order valence-electron chi connectivity index (χ1n) is 11.6. The molecule has 0 saturated carbocycles. The van der Waals surface area contributed by atoms with Crippen LogP contribution in [0.15, 0.2) is 22.7 Å². The second-order valence-corrected chi connectivity index (χ2v) is 11.4. The molecule has 32 heavy (non-hydrogen) atoms. The summed E-state index contributed by atoms with van der Waals surface area (Å²) in [5.41, 5.74) is 3.60. The van der Waals surface area contributed by atoms with Crippen LogP contribution >= 0.6 is 0 Å². The van der Waals surface area contributed by atoms with Crippen molar-refractivity contribution in [2.75, 3.05) is 31.1 Å². The van der Waals surface area contributed by atoms with Gasteiger partial charge in [-0.2, -0.15) is 4.98 Å². The summed E-state index contributed by atoms with van der Waals surface area (Å²) >= 11 is 0. The first-order valence-corrected chi connectivity index (χ1v) is 11.6. The second kappa shape index (κ2) is 7.78. The molecular weight excluding hydrogens is 404 g/mol. The van der Waals surface area contributed by atoms with Gasteiger partial charge in [0.2, 0.25) is 5.82 Å². The van der Waals surface area contributed by atoms with Crippen LogP contribution in [-0.2, 0) is 15.6 Å². The third-order valence-electron chi connectivity index (χ3n) is 6.73. The smallest absolute Gasteiger partial charge is 0.410 e. The summed E-state index contributed by atoms with van der Waals surface area (Å²) in [6, 6.07) is 7.09. The minimum atomic E-state index is -0.492. The lowest BCUT2D eigenvalue weighted by Crippen LogP contribution is -2.50. The molecule has 2 aliphatic rings. The van der Waals surface area contributed by atoms with Gasteiger partial charge in [0.1, 0.15) is 5.60 Å². The number of ether oxygens (including phenoxy) is 1. The lowest BCUT2D eigenvalue weighted by Gasteiger charge is -2.42. The Morgan fingerprint density at radius 1 is 1.00 bits per heavy atom. The molecule has 1 saturated heterocycles. The molecule has 1 fully saturated rings. The summed E-state index contributed by atoms with van der Waals surface area (Å²) in [6.07, 6.45) is 2.08. The zero-order chi connectivity index (χ0) is 23.3. The van der Waals surface area contributed by atoms with Crippen molar-refractivity contribution in [3.8, 4) is 11.4 Å². The van der Waals surface area contributed by atoms with E-state index >= 15 is 0 Å². The van der Waals surface area contributed by atoms with Crippen LogP contribution in [0, 0.1) is 0 Å². The average molecular weight is 441 g/mol. The number of carbonyl (C=O) groups excluding carboxylic acids is 1. The fraction of sp³-hybridized carbons (Fsp3) is 0.640. The maximum Gasteiger partial charge on any atom is 0.410 e. The Morgan fingerprint density at radius 3 is 2.25 bits per heavy atom. The van der Waals surface area contributed by atoms with E-state index in [-0.39, 0.29) is 16.9 Å². The van der Waals surface area contributed by atoms with Gasteiger partial charge in [-0.15, -0.1) is 0 Å². The summed E-state index contributed by atoms with van der Waals surface area (Å²) in [7, 11) is 0. The Balaban J connectivity index is 1.48. The SMILES string of the molecule is CC(C)(C)OC(=O)N1CCN(c2nc(-c3ccc4c(c3)C(C)(C)CCC4(C)C)no2)CC1. The molecule has 1 aromatic heterocycles. The Morgan fingerprint density at radius 2 is 1.62 bits per heavy atom. The average Bonchev–Trinajstić information content (AvgIpc) is 3.20. The molecule has 0 unspecified atom stereocenters. The van der Waals surface area contributed by atoms with Gasteiger partial charge in [-0.05, 0) is 61.6 Å². The Bertz CT molecular complexity index is 995. The van der Waals surface area contributed by atoms with Crippen molar-refractivity contribution >= 4 is 12.1 Å². The molecule has 0 atom stereocenters. The van der Waals surface area contributed by atoms with Gasteiger partial charge in [0.25, 0.3) is 0 Å². The highest BCUT2D eigenvalue weighted by Crippen LogP contribution is 2.46. The van der Waals surface area contributed by atoms with E-state index in [1.54, 1.807) is 4.90 Å². The van der Waals surface area contributed by atoms with Gasteiger partial charge >= 0.3 is 12.1 Å². The summed E-state index contributed by atoms with van der Waals surface area (Å²) in [5, 5.41) is 4.26. The predicted molar refractivity (Wildman–Crippen MR) is 125 cm³/mol. The number of fused-ring (bicyclic) bond motifs is 1. The van der Waals surface area contributed by atoms with Crippen molar-refractivity contribution in [3.63, 3.8) is 0 Å². The van der Waals surface area contributed by atoms with E-state index in [0.29, 0.717) is 38.0 Å². The van der Waals surface area contributed by atoms with Crippen LogP contribution in [0.5, 0.6) is 0 Å². The molecule has 0 N–H and O–H groups in total. The normalized spacial score (nSPS) is 20.1. The van der Waals surface area contributed by atoms with Crippen LogP contribution in [-0.4, -0.2) is 52.9 Å². The number of piperazine rings is 1. The summed E-state index contributed by atoms with van der Waals surface area (Å²) in [6.45, 7) is 17.3. The van der Waals surface area contributed by atoms with Crippen LogP contribution < -0.4 is 4.90 Å². The van der Waals surface area contributed by atoms with E-state index in [4.69, 9.17) is 9.26 Å². The van der Waals surface area contributed by atoms with Crippen molar-refractivity contribution in [2.24, 2.45) is 0 Å². The molecule has 7 heteroatoms. The second-order valence-electron chi connectivity index (χ2n) is 11.4. The third kappa shape index (κ3) is 4.48. The molecule has 0 radical (unpaired) electrons. The fourth-order valence-corrected chi connectivity index (χ4v) is 4.60. The van der Waals surface area contributed by atoms with Gasteiger partial charge in [-0.3, -0.25) is 0 Å². The number of aromatic nitrogens is 2. The van der Waals surface area contributed by atoms with Gasteiger partial charge in [0, 0.05) is 31.7 Å². The number of rotatable bonds is 2. The van der Waals surface area contributed by atoms with E-state index in [0.717, 1.165) is 12.0 Å². The van der Waals surface area contributed by atoms with Crippen LogP contribution in [0.3, 0.4) is 0 Å². The number of hydrogen-bond donors (Lipinski definition) is 0. The lowest BCUT2D eigenvalue weighted by molar-refractivity contribution is 0.0238. The van der Waals surface area contributed by atoms with Crippen LogP contribution in [0.25, 0.3) is 11.4 Å². The number of benzene rings is 1. The van der Waals surface area contributed by atoms with Gasteiger partial charge in [-0.1, -0.05) is 45.0 Å². The van der Waals surface area contributed by atoms with Crippen molar-refractivity contribution in [2.45, 2.75) is 77.7 Å². The summed E-state index contributed by atoms with van der Waals surface area (Å²) < 4.78 is 11.1. The number of hydrogen-bond acceptors (Lipinski definition) is 6. The molecule has 2 aromatic rings. The quantitative estimate of drug-likeness (QED) is 0.644. The number of nitrogens with zero attached hydrogens (tertiary/aromatic N) is 4. The van der Waals surface area contributed by atoms with Crippen LogP contribution in [0.2, 0.25) is 0 Å². The van der Waals surface area contributed by atoms with Gasteiger partial charge in [0.15, 0.2) is 0 Å². The first-order chi connectivity index (χ1) is 14.9. The molecule has 1 aromatic carbocycles. The third-order valence-corrected chi connectivity index (χ3v) is 6.73. The van der Waals surface area contributed by atoms with Gasteiger partial charge < -0.3 is 19.1 Å². The van der Waals surface area contributed by atoms with Gasteiger partial charge in [0.05, 0.1) is 0 Å². The Hall–Kier alpha value is -2.57. The highest BCUT2D eigenvalue weighted by molar-refractivity contribution is 5.68. The molecule has 0 spiro atoms. The molecule has 0 bridgehead atoms. The maximum absolute atomic E-state index is 12.3. The van der Waals surface area contributed by atoms with E-state index in [2.05, 4.69) is 56.0 Å². The van der Waals surface area contributed by atoms with Crippen molar-refractivity contribution in [1.29, 1.82) is 0 Å². The molecule has 1 aliphatic heterocycles. The number of anilines is 1. The molecule has 174 valence electrons. The molecular formula is C25H36N4O3. The monoisotopic (exact) mass is 440 g/mol. The number of amides is 1.